The first-order valence-electron chi connectivity index (χ1n) is 3.80. The molecule has 0 rings (SSSR count). The summed E-state index contributed by atoms with van der Waals surface area (Å²) in [6.45, 7) is 2.02. The molecular weight excluding hydrogens is 153 g/mol. The van der Waals surface area contributed by atoms with Crippen molar-refractivity contribution in [3.63, 3.8) is 0 Å². The van der Waals surface area contributed by atoms with Gasteiger partial charge in [-0.15, -0.1) is 0 Å². The van der Waals surface area contributed by atoms with E-state index in [1.165, 1.54) is 6.08 Å². The third-order valence-corrected chi connectivity index (χ3v) is 1.28. The molecule has 0 fully saturated rings. The molecule has 66 valence electrons. The summed E-state index contributed by atoms with van der Waals surface area (Å²) < 4.78 is 34.4. The van der Waals surface area contributed by atoms with E-state index in [9.17, 15) is 13.2 Å². The lowest BCUT2D eigenvalue weighted by molar-refractivity contribution is -0.0800. The van der Waals surface area contributed by atoms with Crippen LogP contribution in [0.5, 0.6) is 0 Å². The molecule has 0 amide bonds. The summed E-state index contributed by atoms with van der Waals surface area (Å²) >= 11 is 0. The molecule has 0 aromatic heterocycles. The first kappa shape index (κ1) is 10.5. The molecule has 0 saturated carbocycles. The van der Waals surface area contributed by atoms with Gasteiger partial charge in [-0.1, -0.05) is 25.8 Å². The lowest BCUT2D eigenvalue weighted by Crippen LogP contribution is -2.00. The van der Waals surface area contributed by atoms with Gasteiger partial charge in [-0.3, -0.25) is 0 Å². The number of alkyl halides is 3. The molecule has 3 heteroatoms. The van der Waals surface area contributed by atoms with E-state index in [-0.39, 0.29) is 0 Å². The average molecular weight is 166 g/mol. The van der Waals surface area contributed by atoms with Gasteiger partial charge in [0.25, 0.3) is 0 Å². The van der Waals surface area contributed by atoms with Gasteiger partial charge in [0.05, 0.1) is 0 Å². The first-order chi connectivity index (χ1) is 5.06. The van der Waals surface area contributed by atoms with Crippen molar-refractivity contribution >= 4 is 0 Å². The molecule has 0 bridgehead atoms. The number of allylic oxidation sites excluding steroid dienone is 2. The van der Waals surface area contributed by atoms with Crippen LogP contribution in [0.1, 0.15) is 32.6 Å². The van der Waals surface area contributed by atoms with Gasteiger partial charge in [0, 0.05) is 6.08 Å². The van der Waals surface area contributed by atoms with Crippen LogP contribution >= 0.6 is 0 Å². The molecule has 0 nitrogen and oxygen atoms in total. The minimum Gasteiger partial charge on any atom is -0.167 e. The molecule has 11 heavy (non-hydrogen) atoms. The van der Waals surface area contributed by atoms with Gasteiger partial charge >= 0.3 is 6.18 Å². The van der Waals surface area contributed by atoms with Crippen LogP contribution < -0.4 is 0 Å². The van der Waals surface area contributed by atoms with E-state index in [1.807, 2.05) is 6.92 Å². The molecule has 0 spiro atoms. The second-order valence-electron chi connectivity index (χ2n) is 2.44. The largest absolute Gasteiger partial charge is 0.409 e. The van der Waals surface area contributed by atoms with Crippen molar-refractivity contribution in [1.82, 2.24) is 0 Å². The van der Waals surface area contributed by atoms with Crippen LogP contribution in [0.15, 0.2) is 12.2 Å². The molecular formula is C8H13F3. The lowest BCUT2D eigenvalue weighted by atomic mass is 10.2. The maximum atomic E-state index is 11.5. The topological polar surface area (TPSA) is 0 Å². The van der Waals surface area contributed by atoms with Crippen molar-refractivity contribution < 1.29 is 13.2 Å². The minimum absolute atomic E-state index is 0.308. The molecule has 0 aliphatic heterocycles. The fraction of sp³-hybridized carbons (Fsp3) is 0.750. The third-order valence-electron chi connectivity index (χ3n) is 1.28. The van der Waals surface area contributed by atoms with E-state index < -0.39 is 6.18 Å². The summed E-state index contributed by atoms with van der Waals surface area (Å²) in [5.74, 6) is 0. The molecule has 0 saturated heterocycles. The van der Waals surface area contributed by atoms with Crippen LogP contribution in [-0.4, -0.2) is 6.18 Å². The van der Waals surface area contributed by atoms with E-state index in [0.29, 0.717) is 12.5 Å². The molecule has 0 aliphatic rings. The normalized spacial score (nSPS) is 12.7. The van der Waals surface area contributed by atoms with Crippen LogP contribution in [0.25, 0.3) is 0 Å². The number of rotatable bonds is 4. The Morgan fingerprint density at radius 1 is 1.18 bits per heavy atom. The van der Waals surface area contributed by atoms with Gasteiger partial charge < -0.3 is 0 Å². The van der Waals surface area contributed by atoms with E-state index in [2.05, 4.69) is 0 Å². The van der Waals surface area contributed by atoms with Crippen molar-refractivity contribution in [2.45, 2.75) is 38.8 Å². The average Bonchev–Trinajstić information content (AvgIpc) is 1.85. The number of hydrogen-bond donors (Lipinski definition) is 0. The summed E-state index contributed by atoms with van der Waals surface area (Å²) in [4.78, 5) is 0. The molecule has 0 heterocycles. The highest BCUT2D eigenvalue weighted by molar-refractivity contribution is 4.88. The Hall–Kier alpha value is -0.470. The van der Waals surface area contributed by atoms with E-state index in [4.69, 9.17) is 0 Å². The number of halogens is 3. The summed E-state index contributed by atoms with van der Waals surface area (Å²) in [7, 11) is 0. The zero-order chi connectivity index (χ0) is 8.74. The van der Waals surface area contributed by atoms with E-state index in [0.717, 1.165) is 19.3 Å². The maximum Gasteiger partial charge on any atom is 0.409 e. The standard InChI is InChI=1S/C8H13F3/c1-2-3-4-5-6-7-8(9,10)11/h6-7H,2-5H2,1H3/b7-6-. The molecule has 0 unspecified atom stereocenters. The van der Waals surface area contributed by atoms with Crippen molar-refractivity contribution in [3.05, 3.63) is 12.2 Å². The fourth-order valence-electron chi connectivity index (χ4n) is 0.729. The quantitative estimate of drug-likeness (QED) is 0.441. The third kappa shape index (κ3) is 9.53. The Kier molecular flexibility index (Phi) is 4.99. The van der Waals surface area contributed by atoms with E-state index >= 15 is 0 Å². The Morgan fingerprint density at radius 2 is 1.82 bits per heavy atom. The smallest absolute Gasteiger partial charge is 0.167 e. The molecule has 0 aliphatic carbocycles. The van der Waals surface area contributed by atoms with Crippen LogP contribution in [-0.2, 0) is 0 Å². The highest BCUT2D eigenvalue weighted by atomic mass is 19.4. The molecule has 0 atom stereocenters. The second kappa shape index (κ2) is 5.22. The first-order valence-corrected chi connectivity index (χ1v) is 3.80. The molecule has 0 aromatic rings. The minimum atomic E-state index is -4.13. The van der Waals surface area contributed by atoms with Crippen LogP contribution in [0.2, 0.25) is 0 Å². The number of hydrogen-bond acceptors (Lipinski definition) is 0. The fourth-order valence-corrected chi connectivity index (χ4v) is 0.729. The molecule has 0 aromatic carbocycles. The summed E-state index contributed by atoms with van der Waals surface area (Å²) in [6.07, 6.45) is 0.795. The zero-order valence-corrected chi connectivity index (χ0v) is 6.62. The predicted octanol–water partition coefficient (Wildman–Crippen LogP) is 3.69. The van der Waals surface area contributed by atoms with Gasteiger partial charge in [-0.2, -0.15) is 13.2 Å². The van der Waals surface area contributed by atoms with Crippen LogP contribution in [0.3, 0.4) is 0 Å². The van der Waals surface area contributed by atoms with Gasteiger partial charge in [0.1, 0.15) is 0 Å². The second-order valence-corrected chi connectivity index (χ2v) is 2.44. The highest BCUT2D eigenvalue weighted by Crippen LogP contribution is 2.16. The Balaban J connectivity index is 3.30. The monoisotopic (exact) mass is 166 g/mol. The Bertz CT molecular complexity index is 113. The number of unbranched alkanes of at least 4 members (excludes halogenated alkanes) is 3. The Labute approximate surface area is 65.1 Å². The highest BCUT2D eigenvalue weighted by Gasteiger charge is 2.21. The molecule has 0 radical (unpaired) electrons. The van der Waals surface area contributed by atoms with Crippen molar-refractivity contribution in [3.8, 4) is 0 Å². The summed E-state index contributed by atoms with van der Waals surface area (Å²) in [5.41, 5.74) is 0. The van der Waals surface area contributed by atoms with Gasteiger partial charge in [0.2, 0.25) is 0 Å². The Morgan fingerprint density at radius 3 is 2.27 bits per heavy atom. The SMILES string of the molecule is CCCCC/C=C\C(F)(F)F. The van der Waals surface area contributed by atoms with Crippen molar-refractivity contribution in [1.29, 1.82) is 0 Å². The van der Waals surface area contributed by atoms with Crippen LogP contribution in [0.4, 0.5) is 13.2 Å². The van der Waals surface area contributed by atoms with Gasteiger partial charge in [-0.25, -0.2) is 0 Å². The summed E-state index contributed by atoms with van der Waals surface area (Å²) in [5, 5.41) is 0. The lowest BCUT2D eigenvalue weighted by Gasteiger charge is -1.96. The van der Waals surface area contributed by atoms with Crippen molar-refractivity contribution in [2.24, 2.45) is 0 Å². The van der Waals surface area contributed by atoms with E-state index in [1.54, 1.807) is 0 Å². The maximum absolute atomic E-state index is 11.5. The summed E-state index contributed by atoms with van der Waals surface area (Å²) in [6, 6.07) is 0. The van der Waals surface area contributed by atoms with Gasteiger partial charge in [-0.05, 0) is 12.8 Å². The zero-order valence-electron chi connectivity index (χ0n) is 6.62. The van der Waals surface area contributed by atoms with Crippen molar-refractivity contribution in [2.75, 3.05) is 0 Å². The van der Waals surface area contributed by atoms with Crippen LogP contribution in [0, 0.1) is 0 Å². The molecule has 0 N–H and O–H groups in total. The predicted molar refractivity (Wildman–Crippen MR) is 39.3 cm³/mol. The van der Waals surface area contributed by atoms with Gasteiger partial charge in [0.15, 0.2) is 0 Å².